The molecule has 3 aromatic heterocycles. The van der Waals surface area contributed by atoms with Gasteiger partial charge in [0.2, 0.25) is 0 Å². The van der Waals surface area contributed by atoms with Crippen LogP contribution in [0.2, 0.25) is 0 Å². The first-order chi connectivity index (χ1) is 14.8. The van der Waals surface area contributed by atoms with Gasteiger partial charge >= 0.3 is 11.9 Å². The number of benzene rings is 1. The van der Waals surface area contributed by atoms with Gasteiger partial charge in [-0.25, -0.2) is 4.79 Å². The molecule has 0 bridgehead atoms. The van der Waals surface area contributed by atoms with Crippen molar-refractivity contribution in [2.45, 2.75) is 5.92 Å². The quantitative estimate of drug-likeness (QED) is 0.370. The maximum atomic E-state index is 15.3. The summed E-state index contributed by atoms with van der Waals surface area (Å²) in [7, 11) is 1.41. The molecule has 7 nitrogen and oxygen atoms in total. The molecule has 0 aliphatic rings. The third-order valence-electron chi connectivity index (χ3n) is 4.59. The Morgan fingerprint density at radius 2 is 2.00 bits per heavy atom. The van der Waals surface area contributed by atoms with Crippen LogP contribution >= 0.6 is 11.3 Å². The number of carboxylic acids is 1. The van der Waals surface area contributed by atoms with Crippen molar-refractivity contribution in [1.29, 1.82) is 5.41 Å². The number of rotatable bonds is 4. The fourth-order valence-electron chi connectivity index (χ4n) is 3.01. The largest absolute Gasteiger partial charge is 0.477 e. The summed E-state index contributed by atoms with van der Waals surface area (Å²) >= 11 is 0.962. The van der Waals surface area contributed by atoms with Crippen molar-refractivity contribution in [1.82, 2.24) is 14.8 Å². The summed E-state index contributed by atoms with van der Waals surface area (Å²) in [6.07, 6.45) is 1.57. The summed E-state index contributed by atoms with van der Waals surface area (Å²) in [5, 5.41) is 22.0. The molecule has 31 heavy (non-hydrogen) atoms. The lowest BCUT2D eigenvalue weighted by molar-refractivity contribution is 0.0692. The molecule has 10 heteroatoms. The van der Waals surface area contributed by atoms with Crippen LogP contribution in [-0.4, -0.2) is 38.7 Å². The predicted octanol–water partition coefficient (Wildman–Crippen LogP) is 4.01. The highest BCUT2D eigenvalue weighted by molar-refractivity contribution is 7.17. The first-order valence-electron chi connectivity index (χ1n) is 9.00. The van der Waals surface area contributed by atoms with Crippen LogP contribution in [0.15, 0.2) is 65.8 Å². The minimum absolute atomic E-state index is 0.0610. The lowest BCUT2D eigenvalue weighted by Crippen LogP contribution is -2.39. The Morgan fingerprint density at radius 3 is 2.71 bits per heavy atom. The Morgan fingerprint density at radius 1 is 1.19 bits per heavy atom. The standard InChI is InChI=1S/C21H15F2N5O2S/c1-25-18-9-6-15(16-7-8-17(31-16)19(29)30)27-28(18)20(24)21(22,23)13-4-5-14-12(11-13)3-2-10-26-14/h2-11,24H,1H3,(H,29,30). The number of carboxylic acid groups (broad SMARTS) is 1. The highest BCUT2D eigenvalue weighted by Crippen LogP contribution is 2.32. The van der Waals surface area contributed by atoms with Gasteiger partial charge in [-0.05, 0) is 42.5 Å². The van der Waals surface area contributed by atoms with Gasteiger partial charge in [0.25, 0.3) is 0 Å². The topological polar surface area (TPSA) is 104 Å². The Hall–Kier alpha value is -3.79. The smallest absolute Gasteiger partial charge is 0.345 e. The van der Waals surface area contributed by atoms with Gasteiger partial charge in [0.15, 0.2) is 11.3 Å². The van der Waals surface area contributed by atoms with Crippen molar-refractivity contribution in [3.8, 4) is 10.6 Å². The van der Waals surface area contributed by atoms with E-state index in [9.17, 15) is 4.79 Å². The first kappa shape index (κ1) is 20.5. The van der Waals surface area contributed by atoms with E-state index in [4.69, 9.17) is 10.5 Å². The lowest BCUT2D eigenvalue weighted by atomic mass is 10.0. The molecule has 2 N–H and O–H groups in total. The van der Waals surface area contributed by atoms with Gasteiger partial charge in [0.05, 0.1) is 10.4 Å². The molecular formula is C21H15F2N5O2S. The minimum Gasteiger partial charge on any atom is -0.477 e. The van der Waals surface area contributed by atoms with Crippen molar-refractivity contribution in [2.75, 3.05) is 7.05 Å². The summed E-state index contributed by atoms with van der Waals surface area (Å²) in [4.78, 5) is 19.8. The number of pyridine rings is 1. The maximum absolute atomic E-state index is 15.3. The van der Waals surface area contributed by atoms with E-state index in [1.54, 1.807) is 30.5 Å². The molecule has 0 saturated carbocycles. The molecule has 0 aliphatic heterocycles. The minimum atomic E-state index is -3.67. The second kappa shape index (κ2) is 7.80. The van der Waals surface area contributed by atoms with Crippen molar-refractivity contribution in [3.05, 3.63) is 76.7 Å². The molecule has 0 unspecified atom stereocenters. The number of hydrogen-bond donors (Lipinski definition) is 2. The van der Waals surface area contributed by atoms with Gasteiger partial charge in [0, 0.05) is 24.2 Å². The maximum Gasteiger partial charge on any atom is 0.345 e. The molecule has 3 heterocycles. The highest BCUT2D eigenvalue weighted by atomic mass is 32.1. The van der Waals surface area contributed by atoms with E-state index < -0.39 is 17.7 Å². The number of hydrogen-bond acceptors (Lipinski definition) is 6. The van der Waals surface area contributed by atoms with Crippen molar-refractivity contribution >= 4 is 34.0 Å². The Kier molecular flexibility index (Phi) is 5.15. The summed E-state index contributed by atoms with van der Waals surface area (Å²) in [6, 6.07) is 13.3. The fraction of sp³-hybridized carbons (Fsp3) is 0.0952. The average Bonchev–Trinajstić information content (AvgIpc) is 3.28. The predicted molar refractivity (Wildman–Crippen MR) is 113 cm³/mol. The van der Waals surface area contributed by atoms with E-state index in [0.717, 1.165) is 16.0 Å². The number of halogens is 2. The lowest BCUT2D eigenvalue weighted by Gasteiger charge is -2.19. The number of aromatic carboxylic acids is 1. The van der Waals surface area contributed by atoms with Crippen molar-refractivity contribution in [2.24, 2.45) is 4.99 Å². The van der Waals surface area contributed by atoms with E-state index in [0.29, 0.717) is 15.8 Å². The molecule has 156 valence electrons. The second-order valence-electron chi connectivity index (χ2n) is 6.52. The van der Waals surface area contributed by atoms with Gasteiger partial charge in [-0.15, -0.1) is 11.3 Å². The SMILES string of the molecule is CN=c1ccc(-c2ccc(C(=O)O)s2)nn1C(=N)C(F)(F)c1ccc2ncccc2c1. The van der Waals surface area contributed by atoms with Crippen LogP contribution in [-0.2, 0) is 5.92 Å². The number of aromatic nitrogens is 3. The van der Waals surface area contributed by atoms with Gasteiger partial charge in [0.1, 0.15) is 10.6 Å². The molecule has 0 radical (unpaired) electrons. The van der Waals surface area contributed by atoms with Crippen molar-refractivity contribution in [3.63, 3.8) is 0 Å². The number of carbonyl (C=O) groups is 1. The summed E-state index contributed by atoms with van der Waals surface area (Å²) < 4.78 is 31.4. The third kappa shape index (κ3) is 3.73. The number of nitrogens with one attached hydrogen (secondary N) is 1. The van der Waals surface area contributed by atoms with E-state index in [1.165, 1.54) is 37.4 Å². The van der Waals surface area contributed by atoms with Crippen molar-refractivity contribution < 1.29 is 18.7 Å². The van der Waals surface area contributed by atoms with E-state index in [-0.39, 0.29) is 21.6 Å². The zero-order valence-electron chi connectivity index (χ0n) is 16.1. The average molecular weight is 439 g/mol. The first-order valence-corrected chi connectivity index (χ1v) is 9.82. The monoisotopic (exact) mass is 439 g/mol. The van der Waals surface area contributed by atoms with E-state index in [1.807, 2.05) is 0 Å². The second-order valence-corrected chi connectivity index (χ2v) is 7.60. The van der Waals surface area contributed by atoms with Gasteiger partial charge in [-0.1, -0.05) is 12.1 Å². The fourth-order valence-corrected chi connectivity index (χ4v) is 3.82. The zero-order chi connectivity index (χ0) is 22.2. The van der Waals surface area contributed by atoms with Crippen LogP contribution in [0.4, 0.5) is 8.78 Å². The van der Waals surface area contributed by atoms with E-state index >= 15 is 8.78 Å². The molecule has 4 rings (SSSR count). The normalized spacial score (nSPS) is 12.3. The van der Waals surface area contributed by atoms with E-state index in [2.05, 4.69) is 15.1 Å². The molecule has 1 aromatic carbocycles. The number of nitrogens with zero attached hydrogens (tertiary/aromatic N) is 4. The Labute approximate surface area is 178 Å². The highest BCUT2D eigenvalue weighted by Gasteiger charge is 2.39. The number of thiophene rings is 1. The van der Waals surface area contributed by atoms with Crippen LogP contribution in [0.1, 0.15) is 15.2 Å². The van der Waals surface area contributed by atoms with Crippen LogP contribution < -0.4 is 5.49 Å². The molecule has 0 amide bonds. The molecule has 0 atom stereocenters. The molecule has 0 fully saturated rings. The van der Waals surface area contributed by atoms with Gasteiger partial charge < -0.3 is 5.11 Å². The summed E-state index contributed by atoms with van der Waals surface area (Å²) in [5.74, 6) is -5.83. The molecule has 4 aromatic rings. The van der Waals surface area contributed by atoms with Gasteiger partial charge in [-0.3, -0.25) is 15.4 Å². The van der Waals surface area contributed by atoms with Crippen LogP contribution in [0, 0.1) is 5.41 Å². The Bertz CT molecular complexity index is 1390. The summed E-state index contributed by atoms with van der Waals surface area (Å²) in [6.45, 7) is 0. The third-order valence-corrected chi connectivity index (χ3v) is 5.68. The zero-order valence-corrected chi connectivity index (χ0v) is 16.9. The number of alkyl halides is 2. The molecule has 0 spiro atoms. The molecule has 0 aliphatic carbocycles. The van der Waals surface area contributed by atoms with Crippen LogP contribution in [0.5, 0.6) is 0 Å². The molecule has 0 saturated heterocycles. The molecular weight excluding hydrogens is 424 g/mol. The number of fused-ring (bicyclic) bond motifs is 1. The Balaban J connectivity index is 1.79. The van der Waals surface area contributed by atoms with Crippen LogP contribution in [0.25, 0.3) is 21.5 Å². The van der Waals surface area contributed by atoms with Gasteiger partial charge in [-0.2, -0.15) is 18.6 Å². The van der Waals surface area contributed by atoms with Crippen LogP contribution in [0.3, 0.4) is 0 Å². The summed E-state index contributed by atoms with van der Waals surface area (Å²) in [5.41, 5.74) is 0.514.